The van der Waals surface area contributed by atoms with Crippen molar-refractivity contribution in [1.82, 2.24) is 0 Å². The van der Waals surface area contributed by atoms with Crippen molar-refractivity contribution in [2.45, 2.75) is 95.6 Å². The van der Waals surface area contributed by atoms with Crippen LogP contribution >= 0.6 is 0 Å². The summed E-state index contributed by atoms with van der Waals surface area (Å²) in [5, 5.41) is 38.8. The number of hydrogen-bond acceptors (Lipinski definition) is 7. The molecule has 0 spiro atoms. The van der Waals surface area contributed by atoms with Gasteiger partial charge in [-0.25, -0.2) is 0 Å². The van der Waals surface area contributed by atoms with Gasteiger partial charge in [-0.3, -0.25) is 4.79 Å². The third-order valence-electron chi connectivity index (χ3n) is 4.10. The van der Waals surface area contributed by atoms with Gasteiger partial charge in [0.15, 0.2) is 0 Å². The molecule has 7 nitrogen and oxygen atoms in total. The van der Waals surface area contributed by atoms with Gasteiger partial charge in [0, 0.05) is 0 Å². The minimum Gasteiger partial charge on any atom is -0.433 e. The van der Waals surface area contributed by atoms with Gasteiger partial charge in [-0.2, -0.15) is 0 Å². The van der Waals surface area contributed by atoms with Crippen molar-refractivity contribution in [3.05, 3.63) is 0 Å². The highest BCUT2D eigenvalue weighted by atomic mass is 16.7. The summed E-state index contributed by atoms with van der Waals surface area (Å²) in [4.78, 5) is 11.8. The van der Waals surface area contributed by atoms with Crippen LogP contribution in [0.5, 0.6) is 0 Å². The molecule has 1 heterocycles. The second-order valence-electron chi connectivity index (χ2n) is 6.23. The van der Waals surface area contributed by atoms with E-state index in [0.29, 0.717) is 6.42 Å². The molecule has 1 aliphatic heterocycles. The third kappa shape index (κ3) is 6.73. The van der Waals surface area contributed by atoms with E-state index in [1.807, 2.05) is 0 Å². The molecule has 4 N–H and O–H groups in total. The van der Waals surface area contributed by atoms with Gasteiger partial charge < -0.3 is 29.9 Å². The maximum atomic E-state index is 11.8. The van der Waals surface area contributed by atoms with Crippen LogP contribution in [-0.2, 0) is 14.3 Å². The SMILES string of the molecule is CCCCCCCC(O)CC(=O)O[C@@H]1O[C@@H](C)[C@H](O)[C@@H](O)[C@H]1O. The van der Waals surface area contributed by atoms with Gasteiger partial charge in [0.05, 0.1) is 18.6 Å². The molecule has 136 valence electrons. The molecule has 1 rings (SSSR count). The monoisotopic (exact) mass is 334 g/mol. The van der Waals surface area contributed by atoms with Crippen LogP contribution in [0.4, 0.5) is 0 Å². The normalized spacial score (nSPS) is 32.5. The second kappa shape index (κ2) is 10.2. The first kappa shape index (κ1) is 20.3. The Hall–Kier alpha value is -0.730. The summed E-state index contributed by atoms with van der Waals surface area (Å²) < 4.78 is 10.1. The van der Waals surface area contributed by atoms with E-state index >= 15 is 0 Å². The number of ether oxygens (including phenoxy) is 2. The van der Waals surface area contributed by atoms with E-state index in [2.05, 4.69) is 6.92 Å². The van der Waals surface area contributed by atoms with Crippen molar-refractivity contribution in [3.8, 4) is 0 Å². The number of unbranched alkanes of at least 4 members (excludes halogenated alkanes) is 4. The molecule has 0 amide bonds. The molecule has 1 unspecified atom stereocenters. The summed E-state index contributed by atoms with van der Waals surface area (Å²) in [6.45, 7) is 3.63. The summed E-state index contributed by atoms with van der Waals surface area (Å²) in [5.74, 6) is -0.703. The van der Waals surface area contributed by atoms with Crippen LogP contribution in [0.3, 0.4) is 0 Å². The first-order valence-corrected chi connectivity index (χ1v) is 8.44. The lowest BCUT2D eigenvalue weighted by Crippen LogP contribution is -2.57. The molecule has 1 fully saturated rings. The summed E-state index contributed by atoms with van der Waals surface area (Å²) in [6.07, 6.45) is -1.47. The number of aliphatic hydroxyl groups is 4. The summed E-state index contributed by atoms with van der Waals surface area (Å²) >= 11 is 0. The predicted octanol–water partition coefficient (Wildman–Crippen LogP) is 0.469. The van der Waals surface area contributed by atoms with E-state index in [-0.39, 0.29) is 6.42 Å². The van der Waals surface area contributed by atoms with E-state index in [1.54, 1.807) is 0 Å². The number of aliphatic hydroxyl groups excluding tert-OH is 4. The van der Waals surface area contributed by atoms with Crippen LogP contribution in [-0.4, -0.2) is 63.2 Å². The first-order chi connectivity index (χ1) is 10.9. The Balaban J connectivity index is 2.29. The molecule has 0 aromatic rings. The van der Waals surface area contributed by atoms with Crippen LogP contribution in [0.15, 0.2) is 0 Å². The average molecular weight is 334 g/mol. The van der Waals surface area contributed by atoms with Crippen LogP contribution in [0, 0.1) is 0 Å². The molecule has 0 aliphatic carbocycles. The fourth-order valence-electron chi connectivity index (χ4n) is 2.57. The Labute approximate surface area is 137 Å². The lowest BCUT2D eigenvalue weighted by atomic mass is 10.00. The molecule has 1 aliphatic rings. The number of carbonyl (C=O) groups is 1. The van der Waals surface area contributed by atoms with Crippen LogP contribution in [0.25, 0.3) is 0 Å². The Morgan fingerprint density at radius 2 is 1.74 bits per heavy atom. The minimum absolute atomic E-state index is 0.187. The molecular formula is C16H30O7. The van der Waals surface area contributed by atoms with E-state index in [9.17, 15) is 25.2 Å². The van der Waals surface area contributed by atoms with Crippen molar-refractivity contribution in [3.63, 3.8) is 0 Å². The minimum atomic E-state index is -1.52. The molecule has 6 atom stereocenters. The standard InChI is InChI=1S/C16H30O7/c1-3-4-5-6-7-8-11(17)9-12(18)23-16-15(21)14(20)13(19)10(2)22-16/h10-11,13-17,19-21H,3-9H2,1-2H3/t10-,11?,13-,14+,15+,16-/m0/s1. The molecule has 0 aromatic heterocycles. The Morgan fingerprint density at radius 3 is 2.39 bits per heavy atom. The molecule has 7 heteroatoms. The van der Waals surface area contributed by atoms with Gasteiger partial charge in [0.25, 0.3) is 0 Å². The third-order valence-corrected chi connectivity index (χ3v) is 4.10. The smallest absolute Gasteiger partial charge is 0.310 e. The molecule has 0 saturated carbocycles. The lowest BCUT2D eigenvalue weighted by Gasteiger charge is -2.38. The lowest BCUT2D eigenvalue weighted by molar-refractivity contribution is -0.285. The summed E-state index contributed by atoms with van der Waals surface area (Å²) in [6, 6.07) is 0. The first-order valence-electron chi connectivity index (χ1n) is 8.44. The zero-order chi connectivity index (χ0) is 17.4. The van der Waals surface area contributed by atoms with Crippen molar-refractivity contribution in [2.24, 2.45) is 0 Å². The molecular weight excluding hydrogens is 304 g/mol. The van der Waals surface area contributed by atoms with E-state index < -0.39 is 42.8 Å². The van der Waals surface area contributed by atoms with Gasteiger partial charge in [0.2, 0.25) is 6.29 Å². The second-order valence-corrected chi connectivity index (χ2v) is 6.23. The molecule has 0 aromatic carbocycles. The summed E-state index contributed by atoms with van der Waals surface area (Å²) in [7, 11) is 0. The Morgan fingerprint density at radius 1 is 1.09 bits per heavy atom. The summed E-state index contributed by atoms with van der Waals surface area (Å²) in [5.41, 5.74) is 0. The zero-order valence-corrected chi connectivity index (χ0v) is 13.9. The fourth-order valence-corrected chi connectivity index (χ4v) is 2.57. The van der Waals surface area contributed by atoms with Gasteiger partial charge in [0.1, 0.15) is 18.3 Å². The number of esters is 1. The predicted molar refractivity (Wildman–Crippen MR) is 82.4 cm³/mol. The van der Waals surface area contributed by atoms with Crippen LogP contribution < -0.4 is 0 Å². The molecule has 0 bridgehead atoms. The van der Waals surface area contributed by atoms with Crippen molar-refractivity contribution >= 4 is 5.97 Å². The fraction of sp³-hybridized carbons (Fsp3) is 0.938. The molecule has 23 heavy (non-hydrogen) atoms. The Bertz CT molecular complexity index is 349. The highest BCUT2D eigenvalue weighted by Crippen LogP contribution is 2.22. The maximum Gasteiger partial charge on any atom is 0.310 e. The Kier molecular flexibility index (Phi) is 9.01. The largest absolute Gasteiger partial charge is 0.433 e. The van der Waals surface area contributed by atoms with Gasteiger partial charge in [-0.15, -0.1) is 0 Å². The van der Waals surface area contributed by atoms with Crippen molar-refractivity contribution in [2.75, 3.05) is 0 Å². The van der Waals surface area contributed by atoms with Gasteiger partial charge in [-0.1, -0.05) is 39.0 Å². The van der Waals surface area contributed by atoms with Crippen LogP contribution in [0.2, 0.25) is 0 Å². The quantitative estimate of drug-likeness (QED) is 0.358. The van der Waals surface area contributed by atoms with E-state index in [0.717, 1.165) is 25.7 Å². The maximum absolute atomic E-state index is 11.8. The van der Waals surface area contributed by atoms with Gasteiger partial charge in [-0.05, 0) is 13.3 Å². The van der Waals surface area contributed by atoms with E-state index in [1.165, 1.54) is 13.3 Å². The average Bonchev–Trinajstić information content (AvgIpc) is 2.50. The van der Waals surface area contributed by atoms with E-state index in [4.69, 9.17) is 9.47 Å². The number of hydrogen-bond donors (Lipinski definition) is 4. The highest BCUT2D eigenvalue weighted by molar-refractivity contribution is 5.70. The number of rotatable bonds is 9. The number of carbonyl (C=O) groups excluding carboxylic acids is 1. The van der Waals surface area contributed by atoms with Crippen molar-refractivity contribution < 1.29 is 34.7 Å². The topological polar surface area (TPSA) is 116 Å². The zero-order valence-electron chi connectivity index (χ0n) is 13.9. The highest BCUT2D eigenvalue weighted by Gasteiger charge is 2.43. The molecule has 0 radical (unpaired) electrons. The van der Waals surface area contributed by atoms with Gasteiger partial charge >= 0.3 is 5.97 Å². The van der Waals surface area contributed by atoms with Crippen LogP contribution in [0.1, 0.15) is 58.8 Å². The van der Waals surface area contributed by atoms with Crippen molar-refractivity contribution in [1.29, 1.82) is 0 Å². The molecule has 1 saturated heterocycles.